The topological polar surface area (TPSA) is 29.5 Å². The second-order valence-electron chi connectivity index (χ2n) is 5.32. The van der Waals surface area contributed by atoms with Gasteiger partial charge in [-0.05, 0) is 37.8 Å². The maximum absolute atomic E-state index is 12.4. The molecule has 1 aliphatic rings. The number of piperidine rings is 1. The Bertz CT molecular complexity index is 496. The van der Waals surface area contributed by atoms with Gasteiger partial charge in [-0.25, -0.2) is 0 Å². The van der Waals surface area contributed by atoms with Crippen LogP contribution in [0.1, 0.15) is 28.8 Å². The zero-order valence-electron chi connectivity index (χ0n) is 12.0. The van der Waals surface area contributed by atoms with Gasteiger partial charge in [-0.1, -0.05) is 23.6 Å². The maximum atomic E-state index is 12.4. The molecule has 1 heterocycles. The van der Waals surface area contributed by atoms with Crippen LogP contribution >= 0.6 is 0 Å². The maximum Gasteiger partial charge on any atom is 0.253 e. The molecule has 106 valence electrons. The molecule has 1 aliphatic heterocycles. The van der Waals surface area contributed by atoms with E-state index in [9.17, 15) is 4.79 Å². The van der Waals surface area contributed by atoms with E-state index in [1.54, 1.807) is 0 Å². The molecule has 0 spiro atoms. The summed E-state index contributed by atoms with van der Waals surface area (Å²) >= 11 is 0. The summed E-state index contributed by atoms with van der Waals surface area (Å²) in [5, 5.41) is 0. The molecule has 1 fully saturated rings. The molecule has 1 saturated heterocycles. The lowest BCUT2D eigenvalue weighted by molar-refractivity contribution is 0.0582. The second kappa shape index (κ2) is 7.12. The zero-order valence-corrected chi connectivity index (χ0v) is 12.0. The standard InChI is InChI=1S/C17H21NO2/c1-3-11-20-13-15-7-9-18(10-8-15)17(19)16-6-4-5-14(2)12-16/h1,4-6,12,15H,7-11,13H2,2H3. The summed E-state index contributed by atoms with van der Waals surface area (Å²) in [6, 6.07) is 7.77. The van der Waals surface area contributed by atoms with Crippen molar-refractivity contribution in [2.45, 2.75) is 19.8 Å². The summed E-state index contributed by atoms with van der Waals surface area (Å²) in [4.78, 5) is 14.3. The Hall–Kier alpha value is -1.79. The highest BCUT2D eigenvalue weighted by Crippen LogP contribution is 2.19. The predicted molar refractivity (Wildman–Crippen MR) is 79.5 cm³/mol. The lowest BCUT2D eigenvalue weighted by Crippen LogP contribution is -2.39. The van der Waals surface area contributed by atoms with Gasteiger partial charge in [0.25, 0.3) is 5.91 Å². The minimum Gasteiger partial charge on any atom is -0.369 e. The van der Waals surface area contributed by atoms with Crippen LogP contribution in [-0.4, -0.2) is 37.1 Å². The molecule has 1 amide bonds. The molecule has 1 aromatic rings. The third-order valence-corrected chi connectivity index (χ3v) is 3.71. The third-order valence-electron chi connectivity index (χ3n) is 3.71. The highest BCUT2D eigenvalue weighted by Gasteiger charge is 2.23. The summed E-state index contributed by atoms with van der Waals surface area (Å²) in [5.74, 6) is 3.13. The van der Waals surface area contributed by atoms with E-state index in [1.807, 2.05) is 36.1 Å². The first-order valence-electron chi connectivity index (χ1n) is 7.08. The van der Waals surface area contributed by atoms with Gasteiger partial charge < -0.3 is 9.64 Å². The smallest absolute Gasteiger partial charge is 0.253 e. The van der Waals surface area contributed by atoms with E-state index in [0.29, 0.717) is 19.1 Å². The van der Waals surface area contributed by atoms with Crippen molar-refractivity contribution in [1.29, 1.82) is 0 Å². The first kappa shape index (κ1) is 14.6. The molecule has 0 aromatic heterocycles. The number of rotatable bonds is 4. The van der Waals surface area contributed by atoms with Crippen molar-refractivity contribution in [3.63, 3.8) is 0 Å². The third kappa shape index (κ3) is 3.85. The van der Waals surface area contributed by atoms with Gasteiger partial charge in [-0.3, -0.25) is 4.79 Å². The average molecular weight is 271 g/mol. The zero-order chi connectivity index (χ0) is 14.4. The number of amides is 1. The fraction of sp³-hybridized carbons (Fsp3) is 0.471. The summed E-state index contributed by atoms with van der Waals surface area (Å²) in [6.07, 6.45) is 7.13. The van der Waals surface area contributed by atoms with Crippen molar-refractivity contribution in [1.82, 2.24) is 4.90 Å². The highest BCUT2D eigenvalue weighted by atomic mass is 16.5. The highest BCUT2D eigenvalue weighted by molar-refractivity contribution is 5.94. The molecule has 0 saturated carbocycles. The first-order chi connectivity index (χ1) is 9.70. The van der Waals surface area contributed by atoms with Gasteiger partial charge in [0.05, 0.1) is 6.61 Å². The van der Waals surface area contributed by atoms with Crippen molar-refractivity contribution >= 4 is 5.91 Å². The lowest BCUT2D eigenvalue weighted by Gasteiger charge is -2.31. The van der Waals surface area contributed by atoms with Crippen LogP contribution in [0.2, 0.25) is 0 Å². The van der Waals surface area contributed by atoms with Crippen LogP contribution in [0.25, 0.3) is 0 Å². The molecule has 20 heavy (non-hydrogen) atoms. The molecule has 1 aromatic carbocycles. The Balaban J connectivity index is 1.84. The summed E-state index contributed by atoms with van der Waals surface area (Å²) in [5.41, 5.74) is 1.90. The van der Waals surface area contributed by atoms with Gasteiger partial charge in [-0.2, -0.15) is 0 Å². The van der Waals surface area contributed by atoms with Crippen LogP contribution in [0.3, 0.4) is 0 Å². The van der Waals surface area contributed by atoms with Gasteiger partial charge in [-0.15, -0.1) is 6.42 Å². The molecule has 0 aliphatic carbocycles. The van der Waals surface area contributed by atoms with Crippen molar-refractivity contribution in [3.05, 3.63) is 35.4 Å². The molecule has 0 atom stereocenters. The number of nitrogens with zero attached hydrogens (tertiary/aromatic N) is 1. The van der Waals surface area contributed by atoms with Crippen molar-refractivity contribution in [3.8, 4) is 12.3 Å². The monoisotopic (exact) mass is 271 g/mol. The van der Waals surface area contributed by atoms with E-state index in [2.05, 4.69) is 5.92 Å². The fourth-order valence-electron chi connectivity index (χ4n) is 2.55. The first-order valence-corrected chi connectivity index (χ1v) is 7.08. The molecular formula is C17H21NO2. The van der Waals surface area contributed by atoms with Crippen LogP contribution in [0, 0.1) is 25.2 Å². The number of hydrogen-bond acceptors (Lipinski definition) is 2. The van der Waals surface area contributed by atoms with Gasteiger partial charge in [0, 0.05) is 18.7 Å². The van der Waals surface area contributed by atoms with Crippen molar-refractivity contribution < 1.29 is 9.53 Å². The van der Waals surface area contributed by atoms with Gasteiger partial charge in [0.1, 0.15) is 6.61 Å². The van der Waals surface area contributed by atoms with Crippen LogP contribution < -0.4 is 0 Å². The quantitative estimate of drug-likeness (QED) is 0.622. The van der Waals surface area contributed by atoms with E-state index in [0.717, 1.165) is 37.1 Å². The molecule has 0 bridgehead atoms. The van der Waals surface area contributed by atoms with E-state index in [4.69, 9.17) is 11.2 Å². The van der Waals surface area contributed by atoms with Crippen molar-refractivity contribution in [2.75, 3.05) is 26.3 Å². The number of likely N-dealkylation sites (tertiary alicyclic amines) is 1. The Morgan fingerprint density at radius 3 is 2.85 bits per heavy atom. The largest absolute Gasteiger partial charge is 0.369 e. The number of carbonyl (C=O) groups excluding carboxylic acids is 1. The van der Waals surface area contributed by atoms with E-state index >= 15 is 0 Å². The summed E-state index contributed by atoms with van der Waals surface area (Å²) in [7, 11) is 0. The fourth-order valence-corrected chi connectivity index (χ4v) is 2.55. The number of benzene rings is 1. The number of terminal acetylenes is 1. The Morgan fingerprint density at radius 1 is 1.45 bits per heavy atom. The summed E-state index contributed by atoms with van der Waals surface area (Å²) < 4.78 is 5.38. The Kier molecular flexibility index (Phi) is 5.20. The molecular weight excluding hydrogens is 250 g/mol. The predicted octanol–water partition coefficient (Wildman–Crippen LogP) is 2.50. The van der Waals surface area contributed by atoms with Crippen molar-refractivity contribution in [2.24, 2.45) is 5.92 Å². The van der Waals surface area contributed by atoms with Crippen LogP contribution in [-0.2, 0) is 4.74 Å². The minimum atomic E-state index is 0.136. The van der Waals surface area contributed by atoms with Gasteiger partial charge >= 0.3 is 0 Å². The number of ether oxygens (including phenoxy) is 1. The number of hydrogen-bond donors (Lipinski definition) is 0. The Labute approximate surface area is 120 Å². The number of carbonyl (C=O) groups is 1. The molecule has 0 radical (unpaired) electrons. The van der Waals surface area contributed by atoms with Gasteiger partial charge in [0.2, 0.25) is 0 Å². The van der Waals surface area contributed by atoms with Gasteiger partial charge in [0.15, 0.2) is 0 Å². The van der Waals surface area contributed by atoms with E-state index in [1.165, 1.54) is 0 Å². The molecule has 2 rings (SSSR count). The normalized spacial score (nSPS) is 15.9. The summed E-state index contributed by atoms with van der Waals surface area (Å²) in [6.45, 7) is 4.69. The van der Waals surface area contributed by atoms with Crippen LogP contribution in [0.4, 0.5) is 0 Å². The number of aryl methyl sites for hydroxylation is 1. The lowest BCUT2D eigenvalue weighted by atomic mass is 9.97. The van der Waals surface area contributed by atoms with E-state index in [-0.39, 0.29) is 5.91 Å². The SMILES string of the molecule is C#CCOCC1CCN(C(=O)c2cccc(C)c2)CC1. The van der Waals surface area contributed by atoms with E-state index < -0.39 is 0 Å². The molecule has 3 heteroatoms. The minimum absolute atomic E-state index is 0.136. The average Bonchev–Trinajstić information content (AvgIpc) is 2.47. The molecule has 0 unspecified atom stereocenters. The second-order valence-corrected chi connectivity index (χ2v) is 5.32. The molecule has 0 N–H and O–H groups in total. The van der Waals surface area contributed by atoms with Crippen LogP contribution in [0.15, 0.2) is 24.3 Å². The Morgan fingerprint density at radius 2 is 2.20 bits per heavy atom. The van der Waals surface area contributed by atoms with Crippen LogP contribution in [0.5, 0.6) is 0 Å². The molecule has 3 nitrogen and oxygen atoms in total.